The van der Waals surface area contributed by atoms with Gasteiger partial charge in [-0.2, -0.15) is 0 Å². The first-order chi connectivity index (χ1) is 13.8. The maximum absolute atomic E-state index is 13.5. The summed E-state index contributed by atoms with van der Waals surface area (Å²) in [6.45, 7) is 4.75. The molecule has 1 saturated carbocycles. The summed E-state index contributed by atoms with van der Waals surface area (Å²) in [6.07, 6.45) is 0.762. The molecule has 156 valence electrons. The van der Waals surface area contributed by atoms with Crippen LogP contribution in [0.3, 0.4) is 0 Å². The van der Waals surface area contributed by atoms with Gasteiger partial charge in [-0.05, 0) is 49.8 Å². The van der Waals surface area contributed by atoms with Gasteiger partial charge >= 0.3 is 0 Å². The minimum Gasteiger partial charge on any atom is -0.497 e. The van der Waals surface area contributed by atoms with Gasteiger partial charge in [0.1, 0.15) is 5.75 Å². The quantitative estimate of drug-likeness (QED) is 0.825. The van der Waals surface area contributed by atoms with Crippen LogP contribution in [-0.4, -0.2) is 58.7 Å². The number of rotatable bonds is 3. The molecule has 2 amide bonds. The molecule has 4 rings (SSSR count). The van der Waals surface area contributed by atoms with Gasteiger partial charge in [-0.3, -0.25) is 9.59 Å². The fourth-order valence-corrected chi connectivity index (χ4v) is 5.12. The van der Waals surface area contributed by atoms with Gasteiger partial charge in [0.25, 0.3) is 5.91 Å². The number of aliphatic hydroxyl groups is 1. The number of nitrogens with one attached hydrogen (secondary N) is 1. The highest BCUT2D eigenvalue weighted by atomic mass is 16.5. The van der Waals surface area contributed by atoms with Crippen molar-refractivity contribution in [2.24, 2.45) is 18.9 Å². The lowest BCUT2D eigenvalue weighted by molar-refractivity contribution is -0.121. The van der Waals surface area contributed by atoms with Crippen LogP contribution in [0.1, 0.15) is 35.8 Å². The number of hydrogen-bond acceptors (Lipinski definition) is 4. The second kappa shape index (κ2) is 7.37. The molecule has 1 aliphatic heterocycles. The van der Waals surface area contributed by atoms with E-state index in [4.69, 9.17) is 4.74 Å². The molecule has 1 aromatic carbocycles. The minimum absolute atomic E-state index is 0.0290. The molecule has 4 atom stereocenters. The Morgan fingerprint density at radius 1 is 1.21 bits per heavy atom. The van der Waals surface area contributed by atoms with Crippen LogP contribution < -0.4 is 10.1 Å². The maximum Gasteiger partial charge on any atom is 0.256 e. The van der Waals surface area contributed by atoms with Crippen LogP contribution in [0.15, 0.2) is 18.2 Å². The van der Waals surface area contributed by atoms with Gasteiger partial charge < -0.3 is 24.6 Å². The number of amides is 2. The van der Waals surface area contributed by atoms with Gasteiger partial charge in [0.2, 0.25) is 5.91 Å². The minimum atomic E-state index is -0.557. The summed E-state index contributed by atoms with van der Waals surface area (Å²) in [4.78, 5) is 26.9. The Morgan fingerprint density at radius 2 is 1.90 bits per heavy atom. The van der Waals surface area contributed by atoms with Crippen LogP contribution in [-0.2, 0) is 11.8 Å². The van der Waals surface area contributed by atoms with Gasteiger partial charge in [-0.15, -0.1) is 0 Å². The van der Waals surface area contributed by atoms with Crippen molar-refractivity contribution in [2.75, 3.05) is 20.2 Å². The molecule has 0 radical (unpaired) electrons. The molecule has 29 heavy (non-hydrogen) atoms. The van der Waals surface area contributed by atoms with E-state index in [2.05, 4.69) is 5.32 Å². The zero-order valence-corrected chi connectivity index (χ0v) is 17.4. The van der Waals surface area contributed by atoms with Crippen LogP contribution in [0.4, 0.5) is 0 Å². The van der Waals surface area contributed by atoms with Gasteiger partial charge in [-0.25, -0.2) is 0 Å². The third-order valence-corrected chi connectivity index (χ3v) is 6.73. The Labute approximate surface area is 170 Å². The summed E-state index contributed by atoms with van der Waals surface area (Å²) in [5, 5.41) is 14.2. The van der Waals surface area contributed by atoms with Crippen LogP contribution in [0.2, 0.25) is 0 Å². The van der Waals surface area contributed by atoms with E-state index in [1.165, 1.54) is 6.92 Å². The van der Waals surface area contributed by atoms with E-state index in [1.807, 2.05) is 41.6 Å². The van der Waals surface area contributed by atoms with Crippen molar-refractivity contribution in [3.8, 4) is 5.75 Å². The predicted octanol–water partition coefficient (Wildman–Crippen LogP) is 1.84. The number of aromatic nitrogens is 1. The van der Waals surface area contributed by atoms with Crippen molar-refractivity contribution in [3.63, 3.8) is 0 Å². The van der Waals surface area contributed by atoms with Gasteiger partial charge in [0.15, 0.2) is 0 Å². The average Bonchev–Trinajstić information content (AvgIpc) is 3.19. The maximum atomic E-state index is 13.5. The van der Waals surface area contributed by atoms with E-state index in [0.717, 1.165) is 27.9 Å². The van der Waals surface area contributed by atoms with Crippen molar-refractivity contribution < 1.29 is 19.4 Å². The highest BCUT2D eigenvalue weighted by Crippen LogP contribution is 2.38. The molecule has 1 aromatic heterocycles. The number of hydrogen-bond donors (Lipinski definition) is 2. The van der Waals surface area contributed by atoms with E-state index in [9.17, 15) is 14.7 Å². The Hall–Kier alpha value is -2.54. The molecule has 0 spiro atoms. The van der Waals surface area contributed by atoms with E-state index < -0.39 is 6.10 Å². The summed E-state index contributed by atoms with van der Waals surface area (Å²) in [5.74, 6) is 1.20. The molecule has 2 N–H and O–H groups in total. The molecule has 1 saturated heterocycles. The first kappa shape index (κ1) is 19.8. The largest absolute Gasteiger partial charge is 0.497 e. The summed E-state index contributed by atoms with van der Waals surface area (Å²) in [7, 11) is 3.60. The van der Waals surface area contributed by atoms with E-state index in [1.54, 1.807) is 7.11 Å². The third-order valence-electron chi connectivity index (χ3n) is 6.73. The topological polar surface area (TPSA) is 83.8 Å². The van der Waals surface area contributed by atoms with Gasteiger partial charge in [0, 0.05) is 43.7 Å². The van der Waals surface area contributed by atoms with Crippen LogP contribution in [0.5, 0.6) is 5.75 Å². The zero-order valence-electron chi connectivity index (χ0n) is 17.4. The summed E-state index contributed by atoms with van der Waals surface area (Å²) >= 11 is 0. The monoisotopic (exact) mass is 399 g/mol. The lowest BCUT2D eigenvalue weighted by Crippen LogP contribution is -2.48. The molecular formula is C22H29N3O4. The highest BCUT2D eigenvalue weighted by Gasteiger charge is 2.43. The number of aliphatic hydroxyl groups excluding tert-OH is 1. The number of carbonyl (C=O) groups is 2. The number of ether oxygens (including phenoxy) is 1. The lowest BCUT2D eigenvalue weighted by atomic mass is 9.77. The first-order valence-corrected chi connectivity index (χ1v) is 10.2. The van der Waals surface area contributed by atoms with Gasteiger partial charge in [0.05, 0.1) is 24.8 Å². The fourth-order valence-electron chi connectivity index (χ4n) is 5.12. The molecule has 2 heterocycles. The number of aryl methyl sites for hydroxylation is 1. The van der Waals surface area contributed by atoms with Crippen LogP contribution >= 0.6 is 0 Å². The lowest BCUT2D eigenvalue weighted by Gasteiger charge is -2.35. The number of carbonyl (C=O) groups excluding carboxylic acids is 2. The molecular weight excluding hydrogens is 370 g/mol. The predicted molar refractivity (Wildman–Crippen MR) is 110 cm³/mol. The van der Waals surface area contributed by atoms with Crippen molar-refractivity contribution in [3.05, 3.63) is 29.5 Å². The Balaban J connectivity index is 1.60. The first-order valence-electron chi connectivity index (χ1n) is 10.2. The Kier molecular flexibility index (Phi) is 5.02. The molecule has 2 fully saturated rings. The number of methoxy groups -OCH3 is 1. The molecule has 0 bridgehead atoms. The SMILES string of the molecule is COc1ccc2c(c1)c(C(=O)N1C[C@H]3C[C@@H](NC(C)=O)[C@H](O)C[C@H]3C1)c(C)n2C. The van der Waals surface area contributed by atoms with Gasteiger partial charge in [-0.1, -0.05) is 0 Å². The molecule has 7 nitrogen and oxygen atoms in total. The number of benzene rings is 1. The summed E-state index contributed by atoms with van der Waals surface area (Å²) in [5.41, 5.74) is 2.66. The van der Waals surface area contributed by atoms with Crippen LogP contribution in [0, 0.1) is 18.8 Å². The van der Waals surface area contributed by atoms with Crippen molar-refractivity contribution >= 4 is 22.7 Å². The Bertz CT molecular complexity index is 967. The van der Waals surface area contributed by atoms with Crippen molar-refractivity contribution in [2.45, 2.75) is 38.8 Å². The van der Waals surface area contributed by atoms with E-state index in [-0.39, 0.29) is 23.8 Å². The zero-order chi connectivity index (χ0) is 20.9. The second-order valence-electron chi connectivity index (χ2n) is 8.48. The van der Waals surface area contributed by atoms with Crippen molar-refractivity contribution in [1.82, 2.24) is 14.8 Å². The normalized spacial score (nSPS) is 26.4. The average molecular weight is 399 g/mol. The smallest absolute Gasteiger partial charge is 0.256 e. The standard InChI is InChI=1S/C22H29N3O4/c1-12-21(17-9-16(29-4)5-6-19(17)24(12)3)22(28)25-10-14-7-18(23-13(2)26)20(27)8-15(14)11-25/h5-6,9,14-15,18,20,27H,7-8,10-11H2,1-4H3,(H,23,26)/t14-,15+,18-,20-/m1/s1. The van der Waals surface area contributed by atoms with E-state index >= 15 is 0 Å². The third kappa shape index (κ3) is 3.37. The highest BCUT2D eigenvalue weighted by molar-refractivity contribution is 6.08. The molecule has 2 aromatic rings. The van der Waals surface area contributed by atoms with Crippen LogP contribution in [0.25, 0.3) is 10.9 Å². The number of nitrogens with zero attached hydrogens (tertiary/aromatic N) is 2. The van der Waals surface area contributed by atoms with Crippen molar-refractivity contribution in [1.29, 1.82) is 0 Å². The Morgan fingerprint density at radius 3 is 2.55 bits per heavy atom. The summed E-state index contributed by atoms with van der Waals surface area (Å²) in [6, 6.07) is 5.59. The molecule has 0 unspecified atom stereocenters. The number of fused-ring (bicyclic) bond motifs is 2. The summed E-state index contributed by atoms with van der Waals surface area (Å²) < 4.78 is 7.41. The molecule has 7 heteroatoms. The molecule has 1 aliphatic carbocycles. The van der Waals surface area contributed by atoms with E-state index in [0.29, 0.717) is 31.8 Å². The molecule has 2 aliphatic rings. The number of likely N-dealkylation sites (tertiary alicyclic amines) is 1. The second-order valence-corrected chi connectivity index (χ2v) is 8.48. The fraction of sp³-hybridized carbons (Fsp3) is 0.545.